The van der Waals surface area contributed by atoms with Crippen LogP contribution in [-0.4, -0.2) is 25.6 Å². The number of nitrogens with zero attached hydrogens (tertiary/aromatic N) is 4. The van der Waals surface area contributed by atoms with E-state index in [4.69, 9.17) is 4.98 Å². The van der Waals surface area contributed by atoms with Crippen LogP contribution in [0.5, 0.6) is 0 Å². The molecule has 0 amide bonds. The fourth-order valence-corrected chi connectivity index (χ4v) is 7.31. The number of halogens is 1. The van der Waals surface area contributed by atoms with Crippen molar-refractivity contribution < 1.29 is 9.18 Å². The van der Waals surface area contributed by atoms with E-state index in [0.29, 0.717) is 30.5 Å². The van der Waals surface area contributed by atoms with Gasteiger partial charge >= 0.3 is 0 Å². The molecule has 2 saturated carbocycles. The van der Waals surface area contributed by atoms with Gasteiger partial charge in [0.15, 0.2) is 0 Å². The van der Waals surface area contributed by atoms with Crippen LogP contribution in [0.2, 0.25) is 0 Å². The predicted octanol–water partition coefficient (Wildman–Crippen LogP) is 6.38. The van der Waals surface area contributed by atoms with Crippen molar-refractivity contribution in [2.75, 3.05) is 0 Å². The van der Waals surface area contributed by atoms with Gasteiger partial charge in [-0.05, 0) is 110 Å². The summed E-state index contributed by atoms with van der Waals surface area (Å²) in [4.78, 5) is 17.4. The molecule has 5 nitrogen and oxygen atoms in total. The Morgan fingerprint density at radius 3 is 2.65 bits per heavy atom. The molecule has 2 atom stereocenters. The quantitative estimate of drug-likeness (QED) is 0.330. The highest BCUT2D eigenvalue weighted by Crippen LogP contribution is 2.53. The lowest BCUT2D eigenvalue weighted by molar-refractivity contribution is -0.123. The third-order valence-electron chi connectivity index (χ3n) is 9.33. The van der Waals surface area contributed by atoms with E-state index in [9.17, 15) is 9.18 Å². The lowest BCUT2D eigenvalue weighted by atomic mass is 9.59. The highest BCUT2D eigenvalue weighted by Gasteiger charge is 2.48. The molecule has 2 fully saturated rings. The van der Waals surface area contributed by atoms with Crippen LogP contribution in [0.1, 0.15) is 79.7 Å². The summed E-state index contributed by atoms with van der Waals surface area (Å²) in [5.41, 5.74) is 7.97. The van der Waals surface area contributed by atoms with Gasteiger partial charge in [0.05, 0.1) is 5.52 Å². The number of hydrogen-bond acceptors (Lipinski definition) is 4. The van der Waals surface area contributed by atoms with Gasteiger partial charge in [-0.3, -0.25) is 9.78 Å². The van der Waals surface area contributed by atoms with Gasteiger partial charge in [0.2, 0.25) is 0 Å². The second-order valence-electron chi connectivity index (χ2n) is 11.3. The van der Waals surface area contributed by atoms with Crippen molar-refractivity contribution in [2.24, 2.45) is 5.92 Å². The zero-order valence-electron chi connectivity index (χ0n) is 21.0. The largest absolute Gasteiger partial charge is 0.300 e. The Kier molecular flexibility index (Phi) is 5.45. The lowest BCUT2D eigenvalue weighted by Gasteiger charge is -2.45. The Morgan fingerprint density at radius 2 is 1.89 bits per heavy atom. The van der Waals surface area contributed by atoms with E-state index in [0.717, 1.165) is 54.6 Å². The molecule has 0 bridgehead atoms. The number of carbonyl (C=O) groups is 1. The van der Waals surface area contributed by atoms with E-state index in [2.05, 4.69) is 28.6 Å². The number of rotatable bonds is 4. The molecule has 4 aromatic rings. The van der Waals surface area contributed by atoms with Gasteiger partial charge in [-0.2, -0.15) is 0 Å². The van der Waals surface area contributed by atoms with Gasteiger partial charge < -0.3 is 0 Å². The monoisotopic (exact) mass is 494 g/mol. The number of hydrogen-bond donors (Lipinski definition) is 0. The topological polar surface area (TPSA) is 60.2 Å². The van der Waals surface area contributed by atoms with Crippen molar-refractivity contribution in [1.29, 1.82) is 0 Å². The molecule has 0 N–H and O–H groups in total. The highest BCUT2D eigenvalue weighted by atomic mass is 19.1. The van der Waals surface area contributed by atoms with E-state index in [1.165, 1.54) is 48.1 Å². The van der Waals surface area contributed by atoms with Crippen LogP contribution in [0.4, 0.5) is 4.39 Å². The number of Topliss-reactive ketones (excluding diaryl/α,β-unsaturated/α-hetero) is 1. The van der Waals surface area contributed by atoms with Gasteiger partial charge in [0.1, 0.15) is 17.3 Å². The molecule has 3 aliphatic rings. The smallest absolute Gasteiger partial charge is 0.133 e. The van der Waals surface area contributed by atoms with E-state index in [1.807, 2.05) is 16.8 Å². The lowest BCUT2D eigenvalue weighted by Crippen LogP contribution is -2.43. The Morgan fingerprint density at radius 1 is 1.03 bits per heavy atom. The van der Waals surface area contributed by atoms with Crippen LogP contribution in [0.25, 0.3) is 16.8 Å². The first-order valence-electron chi connectivity index (χ1n) is 13.7. The van der Waals surface area contributed by atoms with Crippen LogP contribution >= 0.6 is 0 Å². The van der Waals surface area contributed by atoms with Crippen molar-refractivity contribution in [3.8, 4) is 11.3 Å². The van der Waals surface area contributed by atoms with Crippen molar-refractivity contribution in [2.45, 2.75) is 75.5 Å². The van der Waals surface area contributed by atoms with Crippen molar-refractivity contribution in [1.82, 2.24) is 19.8 Å². The normalized spacial score (nSPS) is 23.8. The van der Waals surface area contributed by atoms with Crippen LogP contribution in [0.3, 0.4) is 0 Å². The summed E-state index contributed by atoms with van der Waals surface area (Å²) in [5, 5.41) is 9.28. The zero-order chi connectivity index (χ0) is 25.0. The van der Waals surface area contributed by atoms with E-state index < -0.39 is 0 Å². The predicted molar refractivity (Wildman–Crippen MR) is 140 cm³/mol. The number of carbonyl (C=O) groups excluding carboxylic acids is 1. The molecule has 0 spiro atoms. The van der Waals surface area contributed by atoms with Crippen molar-refractivity contribution in [3.63, 3.8) is 0 Å². The highest BCUT2D eigenvalue weighted by molar-refractivity contribution is 5.82. The average molecular weight is 495 g/mol. The van der Waals surface area contributed by atoms with Crippen LogP contribution in [0, 0.1) is 11.7 Å². The third kappa shape index (κ3) is 3.72. The van der Waals surface area contributed by atoms with Gasteiger partial charge in [-0.1, -0.05) is 17.7 Å². The van der Waals surface area contributed by atoms with E-state index in [-0.39, 0.29) is 11.2 Å². The summed E-state index contributed by atoms with van der Waals surface area (Å²) in [7, 11) is 0. The fourth-order valence-electron chi connectivity index (χ4n) is 7.31. The molecule has 3 aliphatic carbocycles. The van der Waals surface area contributed by atoms with Gasteiger partial charge in [-0.25, -0.2) is 8.91 Å². The summed E-state index contributed by atoms with van der Waals surface area (Å²) in [5.74, 6) is 0.944. The summed E-state index contributed by atoms with van der Waals surface area (Å²) in [6.07, 6.45) is 13.8. The Bertz CT molecular complexity index is 1470. The van der Waals surface area contributed by atoms with Gasteiger partial charge in [0, 0.05) is 41.9 Å². The van der Waals surface area contributed by atoms with Crippen molar-refractivity contribution in [3.05, 3.63) is 83.1 Å². The molecule has 0 aliphatic heterocycles. The standard InChI is InChI=1S/C31H31FN4O/c32-23-12-10-21(11-13-23)29-30-28(20-5-3-6-20)26-9-4-7-22-17-25(37)14-15-31(22,18-24-8-1-2-16-33-24)27(26)19-36(30)35-34-29/h1-2,8,10-13,16,19-20,22H,3-7,9,14-15,17-18H2. The molecule has 0 saturated heterocycles. The number of ketones is 1. The first-order valence-corrected chi connectivity index (χ1v) is 13.7. The molecule has 6 heteroatoms. The number of fused-ring (bicyclic) bond motifs is 4. The average Bonchev–Trinajstić information content (AvgIpc) is 3.23. The molecule has 3 aromatic heterocycles. The fraction of sp³-hybridized carbons (Fsp3) is 0.419. The molecule has 3 heterocycles. The first-order chi connectivity index (χ1) is 18.1. The molecule has 0 radical (unpaired) electrons. The Balaban J connectivity index is 1.48. The molecule has 1 aromatic carbocycles. The number of benzene rings is 1. The SMILES string of the molecule is O=C1CCC2(Cc3ccccn3)c3cn4nnc(-c5ccc(F)cc5)c4c(C4CCC4)c3CCCC2C1. The van der Waals surface area contributed by atoms with Crippen LogP contribution < -0.4 is 0 Å². The Labute approximate surface area is 216 Å². The summed E-state index contributed by atoms with van der Waals surface area (Å²) in [6, 6.07) is 12.8. The van der Waals surface area contributed by atoms with Gasteiger partial charge in [0.25, 0.3) is 0 Å². The third-order valence-corrected chi connectivity index (χ3v) is 9.33. The van der Waals surface area contributed by atoms with E-state index in [1.54, 1.807) is 12.1 Å². The molecule has 2 unspecified atom stereocenters. The molecular formula is C31H31FN4O. The maximum absolute atomic E-state index is 13.7. The zero-order valence-corrected chi connectivity index (χ0v) is 21.0. The number of pyridine rings is 2. The summed E-state index contributed by atoms with van der Waals surface area (Å²) in [6.45, 7) is 0. The second-order valence-corrected chi connectivity index (χ2v) is 11.3. The molecule has 37 heavy (non-hydrogen) atoms. The molecule has 188 valence electrons. The Hall–Kier alpha value is -3.41. The minimum absolute atomic E-state index is 0.136. The van der Waals surface area contributed by atoms with E-state index >= 15 is 0 Å². The minimum atomic E-state index is -0.248. The second kappa shape index (κ2) is 8.86. The van der Waals surface area contributed by atoms with Crippen LogP contribution in [0.15, 0.2) is 54.9 Å². The van der Waals surface area contributed by atoms with Crippen LogP contribution in [-0.2, 0) is 23.1 Å². The number of aromatic nitrogens is 4. The molecule has 7 rings (SSSR count). The maximum atomic E-state index is 13.7. The minimum Gasteiger partial charge on any atom is -0.300 e. The van der Waals surface area contributed by atoms with Gasteiger partial charge in [-0.15, -0.1) is 5.10 Å². The maximum Gasteiger partial charge on any atom is 0.133 e. The summed E-state index contributed by atoms with van der Waals surface area (Å²) >= 11 is 0. The summed E-state index contributed by atoms with van der Waals surface area (Å²) < 4.78 is 15.7. The molecular weight excluding hydrogens is 463 g/mol. The van der Waals surface area contributed by atoms with Crippen molar-refractivity contribution >= 4 is 11.3 Å². The first kappa shape index (κ1) is 22.8.